The van der Waals surface area contributed by atoms with E-state index in [0.29, 0.717) is 0 Å². The fourth-order valence-electron chi connectivity index (χ4n) is 1.40. The maximum absolute atomic E-state index is 13.0. The van der Waals surface area contributed by atoms with Crippen LogP contribution in [0.4, 0.5) is 10.2 Å². The Balaban J connectivity index is 2.44. The second kappa shape index (κ2) is 4.51. The Kier molecular flexibility index (Phi) is 3.06. The van der Waals surface area contributed by atoms with Crippen LogP contribution >= 0.6 is 11.6 Å². The Morgan fingerprint density at radius 3 is 2.76 bits per heavy atom. The molecule has 0 saturated carbocycles. The molecule has 0 aliphatic carbocycles. The van der Waals surface area contributed by atoms with Gasteiger partial charge >= 0.3 is 0 Å². The standard InChI is InChI=1S/C12H8ClFN2O/c13-9-6-7(3-4-10(9)14)11(17)8-2-1-5-16-12(8)15/h1-6H,(H2,15,16). The molecule has 2 rings (SSSR count). The largest absolute Gasteiger partial charge is 0.383 e. The summed E-state index contributed by atoms with van der Waals surface area (Å²) in [6.07, 6.45) is 1.49. The lowest BCUT2D eigenvalue weighted by Crippen LogP contribution is -2.06. The van der Waals surface area contributed by atoms with E-state index in [2.05, 4.69) is 4.98 Å². The summed E-state index contributed by atoms with van der Waals surface area (Å²) in [6.45, 7) is 0. The van der Waals surface area contributed by atoms with Gasteiger partial charge in [-0.15, -0.1) is 0 Å². The molecule has 0 atom stereocenters. The molecule has 0 bridgehead atoms. The van der Waals surface area contributed by atoms with E-state index in [1.165, 1.54) is 18.3 Å². The zero-order valence-electron chi connectivity index (χ0n) is 8.65. The van der Waals surface area contributed by atoms with Crippen LogP contribution < -0.4 is 5.73 Å². The molecule has 3 nitrogen and oxygen atoms in total. The lowest BCUT2D eigenvalue weighted by Gasteiger charge is -2.04. The van der Waals surface area contributed by atoms with Gasteiger partial charge in [-0.1, -0.05) is 11.6 Å². The Morgan fingerprint density at radius 2 is 2.12 bits per heavy atom. The van der Waals surface area contributed by atoms with Crippen LogP contribution in [0.25, 0.3) is 0 Å². The van der Waals surface area contributed by atoms with Crippen molar-refractivity contribution in [2.45, 2.75) is 0 Å². The van der Waals surface area contributed by atoms with Gasteiger partial charge in [0.15, 0.2) is 5.78 Å². The molecule has 17 heavy (non-hydrogen) atoms. The summed E-state index contributed by atoms with van der Waals surface area (Å²) < 4.78 is 13.0. The molecule has 1 heterocycles. The highest BCUT2D eigenvalue weighted by Gasteiger charge is 2.14. The Bertz CT molecular complexity index is 586. The number of nitrogen functional groups attached to an aromatic ring is 1. The van der Waals surface area contributed by atoms with Gasteiger partial charge in [-0.2, -0.15) is 0 Å². The number of nitrogens with two attached hydrogens (primary N) is 1. The number of hydrogen-bond donors (Lipinski definition) is 1. The third-order valence-electron chi connectivity index (χ3n) is 2.26. The van der Waals surface area contributed by atoms with Gasteiger partial charge in [-0.3, -0.25) is 4.79 Å². The Labute approximate surface area is 102 Å². The van der Waals surface area contributed by atoms with Crippen molar-refractivity contribution in [3.05, 3.63) is 58.5 Å². The van der Waals surface area contributed by atoms with Crippen LogP contribution in [-0.4, -0.2) is 10.8 Å². The van der Waals surface area contributed by atoms with Crippen molar-refractivity contribution in [2.75, 3.05) is 5.73 Å². The van der Waals surface area contributed by atoms with E-state index in [1.54, 1.807) is 12.1 Å². The summed E-state index contributed by atoms with van der Waals surface area (Å²) in [6, 6.07) is 6.93. The first-order chi connectivity index (χ1) is 8.09. The maximum atomic E-state index is 13.0. The molecule has 0 fully saturated rings. The molecular formula is C12H8ClFN2O. The fourth-order valence-corrected chi connectivity index (χ4v) is 1.58. The normalized spacial score (nSPS) is 10.2. The third kappa shape index (κ3) is 2.26. The summed E-state index contributed by atoms with van der Waals surface area (Å²) in [7, 11) is 0. The Hall–Kier alpha value is -1.94. The van der Waals surface area contributed by atoms with E-state index >= 15 is 0 Å². The molecule has 1 aromatic carbocycles. The second-order valence-corrected chi connectivity index (χ2v) is 3.80. The van der Waals surface area contributed by atoms with Crippen LogP contribution in [0, 0.1) is 5.82 Å². The minimum Gasteiger partial charge on any atom is -0.383 e. The number of pyridine rings is 1. The van der Waals surface area contributed by atoms with Crippen molar-refractivity contribution in [2.24, 2.45) is 0 Å². The molecule has 0 spiro atoms. The van der Waals surface area contributed by atoms with E-state index in [4.69, 9.17) is 17.3 Å². The number of hydrogen-bond acceptors (Lipinski definition) is 3. The first-order valence-corrected chi connectivity index (χ1v) is 5.17. The third-order valence-corrected chi connectivity index (χ3v) is 2.55. The van der Waals surface area contributed by atoms with Crippen molar-refractivity contribution >= 4 is 23.2 Å². The van der Waals surface area contributed by atoms with Gasteiger partial charge in [0.1, 0.15) is 11.6 Å². The molecule has 0 unspecified atom stereocenters. The molecule has 0 aliphatic rings. The molecule has 86 valence electrons. The topological polar surface area (TPSA) is 56.0 Å². The minimum absolute atomic E-state index is 0.0988. The summed E-state index contributed by atoms with van der Waals surface area (Å²) in [5, 5.41) is -0.0988. The van der Waals surface area contributed by atoms with Crippen molar-refractivity contribution in [3.63, 3.8) is 0 Å². The fraction of sp³-hybridized carbons (Fsp3) is 0. The zero-order chi connectivity index (χ0) is 12.4. The quantitative estimate of drug-likeness (QED) is 0.834. The van der Waals surface area contributed by atoms with Gasteiger partial charge in [0.2, 0.25) is 0 Å². The van der Waals surface area contributed by atoms with Crippen molar-refractivity contribution in [1.82, 2.24) is 4.98 Å². The van der Waals surface area contributed by atoms with Gasteiger partial charge in [-0.25, -0.2) is 9.37 Å². The average Bonchev–Trinajstić information content (AvgIpc) is 2.32. The lowest BCUT2D eigenvalue weighted by molar-refractivity contribution is 0.103. The van der Waals surface area contributed by atoms with Crippen molar-refractivity contribution < 1.29 is 9.18 Å². The van der Waals surface area contributed by atoms with Gasteiger partial charge in [0, 0.05) is 11.8 Å². The summed E-state index contributed by atoms with van der Waals surface area (Å²) in [5.74, 6) is -0.766. The summed E-state index contributed by atoms with van der Waals surface area (Å²) in [5.41, 5.74) is 6.14. The number of benzene rings is 1. The van der Waals surface area contributed by atoms with Crippen LogP contribution in [0.1, 0.15) is 15.9 Å². The number of ketones is 1. The van der Waals surface area contributed by atoms with Crippen LogP contribution in [0.5, 0.6) is 0 Å². The number of anilines is 1. The number of carbonyl (C=O) groups excluding carboxylic acids is 1. The number of aromatic nitrogens is 1. The highest BCUT2D eigenvalue weighted by atomic mass is 35.5. The van der Waals surface area contributed by atoms with E-state index in [9.17, 15) is 9.18 Å². The molecule has 5 heteroatoms. The van der Waals surface area contributed by atoms with Gasteiger partial charge < -0.3 is 5.73 Å². The summed E-state index contributed by atoms with van der Waals surface area (Å²) in [4.78, 5) is 15.8. The SMILES string of the molecule is Nc1ncccc1C(=O)c1ccc(F)c(Cl)c1. The first kappa shape index (κ1) is 11.5. The summed E-state index contributed by atoms with van der Waals surface area (Å²) >= 11 is 5.61. The number of halogens is 2. The van der Waals surface area contributed by atoms with E-state index < -0.39 is 5.82 Å². The van der Waals surface area contributed by atoms with Gasteiger partial charge in [0.25, 0.3) is 0 Å². The number of rotatable bonds is 2. The predicted molar refractivity (Wildman–Crippen MR) is 63.5 cm³/mol. The molecule has 0 amide bonds. The number of carbonyl (C=O) groups is 1. The molecule has 0 aliphatic heterocycles. The highest BCUT2D eigenvalue weighted by Crippen LogP contribution is 2.20. The first-order valence-electron chi connectivity index (χ1n) is 4.80. The van der Waals surface area contributed by atoms with Crippen molar-refractivity contribution in [1.29, 1.82) is 0 Å². The Morgan fingerprint density at radius 1 is 1.35 bits per heavy atom. The molecular weight excluding hydrogens is 243 g/mol. The van der Waals surface area contributed by atoms with E-state index in [0.717, 1.165) is 6.07 Å². The van der Waals surface area contributed by atoms with Crippen molar-refractivity contribution in [3.8, 4) is 0 Å². The molecule has 2 aromatic rings. The van der Waals surface area contributed by atoms with E-state index in [-0.39, 0.29) is 27.8 Å². The van der Waals surface area contributed by atoms with Crippen LogP contribution in [0.15, 0.2) is 36.5 Å². The zero-order valence-corrected chi connectivity index (χ0v) is 9.41. The smallest absolute Gasteiger partial charge is 0.196 e. The van der Waals surface area contributed by atoms with Crippen LogP contribution in [0.3, 0.4) is 0 Å². The predicted octanol–water partition coefficient (Wildman–Crippen LogP) is 2.69. The molecule has 0 radical (unpaired) electrons. The van der Waals surface area contributed by atoms with Crippen LogP contribution in [-0.2, 0) is 0 Å². The van der Waals surface area contributed by atoms with Gasteiger partial charge in [0.05, 0.1) is 10.6 Å². The highest BCUT2D eigenvalue weighted by molar-refractivity contribution is 6.31. The minimum atomic E-state index is -0.567. The van der Waals surface area contributed by atoms with Crippen LogP contribution in [0.2, 0.25) is 5.02 Å². The number of nitrogens with zero attached hydrogens (tertiary/aromatic N) is 1. The molecule has 0 saturated heterocycles. The lowest BCUT2D eigenvalue weighted by atomic mass is 10.0. The van der Waals surface area contributed by atoms with Gasteiger partial charge in [-0.05, 0) is 30.3 Å². The molecule has 1 aromatic heterocycles. The molecule has 2 N–H and O–H groups in total. The second-order valence-electron chi connectivity index (χ2n) is 3.39. The monoisotopic (exact) mass is 250 g/mol. The average molecular weight is 251 g/mol. The van der Waals surface area contributed by atoms with E-state index in [1.807, 2.05) is 0 Å². The maximum Gasteiger partial charge on any atom is 0.196 e.